The van der Waals surface area contributed by atoms with Gasteiger partial charge in [0.25, 0.3) is 0 Å². The van der Waals surface area contributed by atoms with Gasteiger partial charge in [0.15, 0.2) is 0 Å². The maximum absolute atomic E-state index is 9.84. The van der Waals surface area contributed by atoms with Crippen LogP contribution in [0.15, 0.2) is 11.6 Å². The fourth-order valence-electron chi connectivity index (χ4n) is 3.94. The number of allylic oxidation sites excluding steroid dienone is 1. The van der Waals surface area contributed by atoms with Gasteiger partial charge in [0.05, 0.1) is 19.3 Å². The summed E-state index contributed by atoms with van der Waals surface area (Å²) in [5.41, 5.74) is 1.39. The quantitative estimate of drug-likeness (QED) is 0.750. The third kappa shape index (κ3) is 1.77. The summed E-state index contributed by atoms with van der Waals surface area (Å²) in [6.07, 6.45) is 2.67. The van der Waals surface area contributed by atoms with E-state index in [9.17, 15) is 5.11 Å². The molecule has 1 heterocycles. The van der Waals surface area contributed by atoms with Crippen molar-refractivity contribution in [2.24, 2.45) is 29.1 Å². The molecule has 98 valence electrons. The minimum absolute atomic E-state index is 0.0600. The van der Waals surface area contributed by atoms with Gasteiger partial charge in [-0.1, -0.05) is 39.3 Å². The van der Waals surface area contributed by atoms with Crippen LogP contribution >= 0.6 is 0 Å². The smallest absolute Gasteiger partial charge is 0.0666 e. The van der Waals surface area contributed by atoms with Crippen LogP contribution in [0.1, 0.15) is 34.6 Å². The molecule has 2 nitrogen and oxygen atoms in total. The van der Waals surface area contributed by atoms with Gasteiger partial charge >= 0.3 is 0 Å². The van der Waals surface area contributed by atoms with E-state index in [0.29, 0.717) is 36.4 Å². The van der Waals surface area contributed by atoms with Crippen molar-refractivity contribution in [2.75, 3.05) is 13.2 Å². The molecule has 0 aromatic heterocycles. The minimum atomic E-state index is -0.0600. The molecule has 0 amide bonds. The first-order valence-electron chi connectivity index (χ1n) is 6.85. The van der Waals surface area contributed by atoms with Gasteiger partial charge in [0, 0.05) is 11.3 Å². The molecule has 1 aliphatic heterocycles. The third-order valence-corrected chi connectivity index (χ3v) is 5.24. The van der Waals surface area contributed by atoms with Crippen molar-refractivity contribution in [3.05, 3.63) is 11.6 Å². The van der Waals surface area contributed by atoms with Gasteiger partial charge in [-0.3, -0.25) is 0 Å². The number of rotatable bonds is 2. The highest BCUT2D eigenvalue weighted by Gasteiger charge is 2.53. The summed E-state index contributed by atoms with van der Waals surface area (Å²) in [6, 6.07) is 0. The van der Waals surface area contributed by atoms with E-state index in [0.717, 1.165) is 0 Å². The summed E-state index contributed by atoms with van der Waals surface area (Å²) >= 11 is 0. The lowest BCUT2D eigenvalue weighted by Crippen LogP contribution is -2.57. The molecule has 0 saturated carbocycles. The Bertz CT molecular complexity index is 321. The monoisotopic (exact) mass is 238 g/mol. The molecule has 2 bridgehead atoms. The van der Waals surface area contributed by atoms with Gasteiger partial charge in [0.1, 0.15) is 0 Å². The van der Waals surface area contributed by atoms with Crippen molar-refractivity contribution in [1.82, 2.24) is 0 Å². The molecule has 1 fully saturated rings. The highest BCUT2D eigenvalue weighted by atomic mass is 16.5. The van der Waals surface area contributed by atoms with Crippen molar-refractivity contribution in [3.8, 4) is 0 Å². The Hall–Kier alpha value is -0.340. The highest BCUT2D eigenvalue weighted by molar-refractivity contribution is 5.21. The average Bonchev–Trinajstić information content (AvgIpc) is 2.26. The Morgan fingerprint density at radius 3 is 2.65 bits per heavy atom. The molecule has 5 atom stereocenters. The number of hydrogen-bond acceptors (Lipinski definition) is 2. The van der Waals surface area contributed by atoms with Gasteiger partial charge in [-0.2, -0.15) is 0 Å². The van der Waals surface area contributed by atoms with Crippen LogP contribution in [0, 0.1) is 29.1 Å². The number of ether oxygens (including phenoxy) is 1. The van der Waals surface area contributed by atoms with E-state index in [4.69, 9.17) is 4.74 Å². The first-order chi connectivity index (χ1) is 7.94. The Balaban J connectivity index is 2.41. The summed E-state index contributed by atoms with van der Waals surface area (Å²) < 4.78 is 6.11. The standard InChI is InChI=1S/C15H26O2/c1-9(2)14-13-10(3)6-11(4)15(7-16,8-17-14)12(13)5/h6,9,11-14,16H,7-8H2,1-5H3/t11-,12+,13+,14+,15-/m1/s1. The highest BCUT2D eigenvalue weighted by Crippen LogP contribution is 2.53. The van der Waals surface area contributed by atoms with Crippen molar-refractivity contribution < 1.29 is 9.84 Å². The van der Waals surface area contributed by atoms with Gasteiger partial charge in [0.2, 0.25) is 0 Å². The zero-order valence-electron chi connectivity index (χ0n) is 11.7. The number of aliphatic hydroxyl groups is 1. The normalized spacial score (nSPS) is 45.9. The van der Waals surface area contributed by atoms with E-state index >= 15 is 0 Å². The molecule has 17 heavy (non-hydrogen) atoms. The second-order valence-electron chi connectivity index (χ2n) is 6.42. The lowest BCUT2D eigenvalue weighted by atomic mass is 9.55. The van der Waals surface area contributed by atoms with Gasteiger partial charge in [-0.25, -0.2) is 0 Å². The van der Waals surface area contributed by atoms with Crippen molar-refractivity contribution >= 4 is 0 Å². The number of hydrogen-bond donors (Lipinski definition) is 1. The Morgan fingerprint density at radius 2 is 2.12 bits per heavy atom. The van der Waals surface area contributed by atoms with Crippen LogP contribution in [0.3, 0.4) is 0 Å². The van der Waals surface area contributed by atoms with Gasteiger partial charge in [-0.05, 0) is 24.7 Å². The SMILES string of the molecule is CC1=C[C@@H](C)[C@@]2(CO)CO[C@@H](C(C)C)[C@@H]1[C@@H]2C. The molecule has 0 spiro atoms. The lowest BCUT2D eigenvalue weighted by Gasteiger charge is -2.55. The van der Waals surface area contributed by atoms with Crippen LogP contribution in [0.5, 0.6) is 0 Å². The van der Waals surface area contributed by atoms with E-state index in [1.807, 2.05) is 0 Å². The van der Waals surface area contributed by atoms with Gasteiger partial charge in [-0.15, -0.1) is 0 Å². The van der Waals surface area contributed by atoms with Crippen LogP contribution in [0.25, 0.3) is 0 Å². The molecule has 0 unspecified atom stereocenters. The maximum atomic E-state index is 9.84. The zero-order chi connectivity index (χ0) is 12.8. The molecule has 1 saturated heterocycles. The van der Waals surface area contributed by atoms with Crippen molar-refractivity contribution in [2.45, 2.75) is 40.7 Å². The van der Waals surface area contributed by atoms with Crippen LogP contribution < -0.4 is 0 Å². The fraction of sp³-hybridized carbons (Fsp3) is 0.867. The van der Waals surface area contributed by atoms with E-state index in [-0.39, 0.29) is 12.0 Å². The largest absolute Gasteiger partial charge is 0.396 e. The maximum Gasteiger partial charge on any atom is 0.0666 e. The number of fused-ring (bicyclic) bond motifs is 2. The lowest BCUT2D eigenvalue weighted by molar-refractivity contribution is -0.174. The summed E-state index contributed by atoms with van der Waals surface area (Å²) in [5.74, 6) is 1.93. The van der Waals surface area contributed by atoms with E-state index < -0.39 is 0 Å². The topological polar surface area (TPSA) is 29.5 Å². The molecule has 0 aromatic rings. The second kappa shape index (κ2) is 4.40. The molecule has 0 aromatic carbocycles. The van der Waals surface area contributed by atoms with Crippen LogP contribution in [0.4, 0.5) is 0 Å². The molecule has 1 N–H and O–H groups in total. The van der Waals surface area contributed by atoms with Crippen LogP contribution in [-0.2, 0) is 4.74 Å². The summed E-state index contributed by atoms with van der Waals surface area (Å²) in [4.78, 5) is 0. The second-order valence-corrected chi connectivity index (χ2v) is 6.42. The Morgan fingerprint density at radius 1 is 1.47 bits per heavy atom. The van der Waals surface area contributed by atoms with E-state index in [2.05, 4.69) is 40.7 Å². The molecule has 1 aliphatic carbocycles. The zero-order valence-corrected chi connectivity index (χ0v) is 11.7. The van der Waals surface area contributed by atoms with Crippen LogP contribution in [0.2, 0.25) is 0 Å². The Kier molecular flexibility index (Phi) is 3.39. The molecular weight excluding hydrogens is 212 g/mol. The summed E-state index contributed by atoms with van der Waals surface area (Å²) in [6.45, 7) is 12.1. The first-order valence-corrected chi connectivity index (χ1v) is 6.85. The predicted octanol–water partition coefficient (Wildman–Crippen LogP) is 2.87. The minimum Gasteiger partial charge on any atom is -0.396 e. The van der Waals surface area contributed by atoms with E-state index in [1.54, 1.807) is 0 Å². The first kappa shape index (κ1) is 13.1. The van der Waals surface area contributed by atoms with Gasteiger partial charge < -0.3 is 9.84 Å². The molecule has 2 aliphatic rings. The van der Waals surface area contributed by atoms with E-state index in [1.165, 1.54) is 5.57 Å². The van der Waals surface area contributed by atoms with Crippen LogP contribution in [-0.4, -0.2) is 24.4 Å². The number of aliphatic hydroxyl groups excluding tert-OH is 1. The molecule has 0 radical (unpaired) electrons. The molecule has 2 heteroatoms. The molecule has 2 rings (SSSR count). The fourth-order valence-corrected chi connectivity index (χ4v) is 3.94. The summed E-state index contributed by atoms with van der Waals surface area (Å²) in [5, 5.41) is 9.84. The third-order valence-electron chi connectivity index (χ3n) is 5.24. The predicted molar refractivity (Wildman–Crippen MR) is 69.7 cm³/mol. The Labute approximate surface area is 105 Å². The van der Waals surface area contributed by atoms with Crippen molar-refractivity contribution in [1.29, 1.82) is 0 Å². The molecular formula is C15H26O2. The van der Waals surface area contributed by atoms with Crippen molar-refractivity contribution in [3.63, 3.8) is 0 Å². The average molecular weight is 238 g/mol. The summed E-state index contributed by atoms with van der Waals surface area (Å²) in [7, 11) is 0.